The van der Waals surface area contributed by atoms with Gasteiger partial charge in [-0.1, -0.05) is 13.8 Å². The molecule has 5 heteroatoms. The van der Waals surface area contributed by atoms with Gasteiger partial charge in [-0.2, -0.15) is 9.49 Å². The van der Waals surface area contributed by atoms with Gasteiger partial charge in [0.05, 0.1) is 23.5 Å². The zero-order chi connectivity index (χ0) is 15.3. The van der Waals surface area contributed by atoms with E-state index < -0.39 is 5.95 Å². The quantitative estimate of drug-likeness (QED) is 0.845. The molecule has 0 spiro atoms. The average molecular weight is 300 g/mol. The van der Waals surface area contributed by atoms with Gasteiger partial charge in [0.2, 0.25) is 5.95 Å². The van der Waals surface area contributed by atoms with E-state index in [1.54, 1.807) is 0 Å². The second-order valence-corrected chi connectivity index (χ2v) is 6.73. The summed E-state index contributed by atoms with van der Waals surface area (Å²) in [6, 6.07) is 4.62. The third-order valence-electron chi connectivity index (χ3n) is 4.37. The lowest BCUT2D eigenvalue weighted by atomic mass is 10.00. The predicted octanol–water partition coefficient (Wildman–Crippen LogP) is 4.12. The van der Waals surface area contributed by atoms with Gasteiger partial charge in [0.1, 0.15) is 5.82 Å². The number of rotatable bonds is 5. The molecule has 22 heavy (non-hydrogen) atoms. The number of nitrogens with one attached hydrogen (secondary N) is 1. The van der Waals surface area contributed by atoms with Crippen molar-refractivity contribution in [3.8, 4) is 11.3 Å². The summed E-state index contributed by atoms with van der Waals surface area (Å²) in [4.78, 5) is 4.11. The minimum absolute atomic E-state index is 0.311. The Morgan fingerprint density at radius 2 is 2.00 bits per heavy atom. The van der Waals surface area contributed by atoms with Gasteiger partial charge in [0, 0.05) is 11.6 Å². The number of halogens is 1. The van der Waals surface area contributed by atoms with Crippen molar-refractivity contribution in [1.29, 1.82) is 0 Å². The van der Waals surface area contributed by atoms with Gasteiger partial charge >= 0.3 is 0 Å². The number of pyridine rings is 1. The molecule has 0 saturated heterocycles. The first kappa shape index (κ1) is 13.7. The van der Waals surface area contributed by atoms with Crippen molar-refractivity contribution in [2.45, 2.75) is 57.5 Å². The highest BCUT2D eigenvalue weighted by atomic mass is 19.1. The largest absolute Gasteiger partial charge is 0.367 e. The molecule has 2 aliphatic rings. The Balaban J connectivity index is 1.75. The minimum Gasteiger partial charge on any atom is -0.367 e. The van der Waals surface area contributed by atoms with E-state index in [-0.39, 0.29) is 0 Å². The van der Waals surface area contributed by atoms with Crippen LogP contribution in [0.3, 0.4) is 0 Å². The third kappa shape index (κ3) is 2.49. The van der Waals surface area contributed by atoms with Gasteiger partial charge in [-0.25, -0.2) is 4.98 Å². The Bertz CT molecular complexity index is 679. The summed E-state index contributed by atoms with van der Waals surface area (Å²) in [6.07, 6.45) is 6.44. The van der Waals surface area contributed by atoms with Crippen molar-refractivity contribution in [2.24, 2.45) is 0 Å². The molecule has 4 rings (SSSR count). The van der Waals surface area contributed by atoms with Crippen LogP contribution in [0.15, 0.2) is 18.3 Å². The first-order valence-corrected chi connectivity index (χ1v) is 8.14. The summed E-state index contributed by atoms with van der Waals surface area (Å²) >= 11 is 0. The Hall–Kier alpha value is -1.91. The topological polar surface area (TPSA) is 42.7 Å². The molecule has 2 aliphatic carbocycles. The van der Waals surface area contributed by atoms with E-state index in [4.69, 9.17) is 0 Å². The Morgan fingerprint density at radius 1 is 1.23 bits per heavy atom. The fraction of sp³-hybridized carbons (Fsp3) is 0.529. The smallest absolute Gasteiger partial charge is 0.224 e. The Labute approximate surface area is 129 Å². The lowest BCUT2D eigenvalue weighted by Crippen LogP contribution is -2.07. The summed E-state index contributed by atoms with van der Waals surface area (Å²) in [5, 5.41) is 7.75. The van der Waals surface area contributed by atoms with Crippen molar-refractivity contribution in [2.75, 3.05) is 5.32 Å². The van der Waals surface area contributed by atoms with Crippen LogP contribution < -0.4 is 5.32 Å². The van der Waals surface area contributed by atoms with Gasteiger partial charge in [-0.05, 0) is 43.7 Å². The number of hydrogen-bond acceptors (Lipinski definition) is 3. The lowest BCUT2D eigenvalue weighted by molar-refractivity contribution is 0.581. The average Bonchev–Trinajstić information content (AvgIpc) is 3.39. The van der Waals surface area contributed by atoms with Gasteiger partial charge in [0.25, 0.3) is 0 Å². The maximum atomic E-state index is 14.6. The van der Waals surface area contributed by atoms with Gasteiger partial charge < -0.3 is 5.32 Å². The Morgan fingerprint density at radius 3 is 2.59 bits per heavy atom. The molecule has 0 atom stereocenters. The number of nitrogens with zero attached hydrogens (tertiary/aromatic N) is 3. The molecule has 2 saturated carbocycles. The zero-order valence-electron chi connectivity index (χ0n) is 13.0. The minimum atomic E-state index is -0.407. The lowest BCUT2D eigenvalue weighted by Gasteiger charge is -2.13. The van der Waals surface area contributed by atoms with Crippen LogP contribution in [0.5, 0.6) is 0 Å². The van der Waals surface area contributed by atoms with Crippen LogP contribution >= 0.6 is 0 Å². The molecular formula is C17H21FN4. The summed E-state index contributed by atoms with van der Waals surface area (Å²) in [7, 11) is 0. The second-order valence-electron chi connectivity index (χ2n) is 6.73. The zero-order valence-corrected chi connectivity index (χ0v) is 13.0. The molecule has 1 N–H and O–H groups in total. The maximum absolute atomic E-state index is 14.6. The fourth-order valence-electron chi connectivity index (χ4n) is 2.80. The van der Waals surface area contributed by atoms with Crippen LogP contribution in [0.25, 0.3) is 11.3 Å². The van der Waals surface area contributed by atoms with E-state index in [1.807, 2.05) is 23.0 Å². The van der Waals surface area contributed by atoms with Crippen LogP contribution in [0, 0.1) is 5.95 Å². The summed E-state index contributed by atoms with van der Waals surface area (Å²) in [5.74, 6) is 0.536. The molecule has 0 aliphatic heterocycles. The van der Waals surface area contributed by atoms with Crippen LogP contribution in [0.4, 0.5) is 10.2 Å². The van der Waals surface area contributed by atoms with E-state index in [0.29, 0.717) is 29.4 Å². The molecule has 2 heterocycles. The van der Waals surface area contributed by atoms with Crippen LogP contribution in [-0.2, 0) is 0 Å². The van der Waals surface area contributed by atoms with Crippen molar-refractivity contribution < 1.29 is 4.39 Å². The molecule has 0 unspecified atom stereocenters. The summed E-state index contributed by atoms with van der Waals surface area (Å²) in [5.41, 5.74) is 2.56. The van der Waals surface area contributed by atoms with Crippen LogP contribution in [0.1, 0.15) is 57.1 Å². The molecule has 2 aromatic rings. The maximum Gasteiger partial charge on any atom is 0.224 e. The molecule has 2 aromatic heterocycles. The van der Waals surface area contributed by atoms with Gasteiger partial charge in [-0.15, -0.1) is 0 Å². The number of anilines is 1. The van der Waals surface area contributed by atoms with Crippen molar-refractivity contribution in [3.05, 3.63) is 29.8 Å². The van der Waals surface area contributed by atoms with E-state index >= 15 is 0 Å². The molecule has 0 bridgehead atoms. The monoisotopic (exact) mass is 300 g/mol. The normalized spacial score (nSPS) is 18.0. The first-order chi connectivity index (χ1) is 10.6. The third-order valence-corrected chi connectivity index (χ3v) is 4.37. The Kier molecular flexibility index (Phi) is 3.17. The number of aromatic nitrogens is 3. The fourth-order valence-corrected chi connectivity index (χ4v) is 2.80. The first-order valence-electron chi connectivity index (χ1n) is 8.14. The molecule has 116 valence electrons. The van der Waals surface area contributed by atoms with E-state index in [0.717, 1.165) is 36.9 Å². The van der Waals surface area contributed by atoms with Crippen molar-refractivity contribution in [3.63, 3.8) is 0 Å². The van der Waals surface area contributed by atoms with E-state index in [9.17, 15) is 4.39 Å². The van der Waals surface area contributed by atoms with Crippen molar-refractivity contribution in [1.82, 2.24) is 14.8 Å². The van der Waals surface area contributed by atoms with Gasteiger partial charge in [0.15, 0.2) is 0 Å². The summed E-state index contributed by atoms with van der Waals surface area (Å²) in [6.45, 7) is 4.23. The van der Waals surface area contributed by atoms with E-state index in [2.05, 4.69) is 29.2 Å². The highest BCUT2D eigenvalue weighted by molar-refractivity contribution is 5.65. The highest BCUT2D eigenvalue weighted by Gasteiger charge is 2.30. The standard InChI is InChI=1S/C17H21FN4/c1-10(2)14-9-19-22(12-5-6-12)16(14)13-7-8-15(21-17(13)18)20-11-3-4-11/h7-12H,3-6H2,1-2H3,(H,20,21). The van der Waals surface area contributed by atoms with Gasteiger partial charge in [-0.3, -0.25) is 4.68 Å². The highest BCUT2D eigenvalue weighted by Crippen LogP contribution is 2.41. The molecule has 0 aromatic carbocycles. The van der Waals surface area contributed by atoms with Crippen LogP contribution in [0.2, 0.25) is 0 Å². The molecule has 0 radical (unpaired) electrons. The summed E-state index contributed by atoms with van der Waals surface area (Å²) < 4.78 is 16.6. The molecule has 4 nitrogen and oxygen atoms in total. The molecule has 2 fully saturated rings. The van der Waals surface area contributed by atoms with E-state index in [1.165, 1.54) is 0 Å². The molecular weight excluding hydrogens is 279 g/mol. The van der Waals surface area contributed by atoms with Crippen LogP contribution in [-0.4, -0.2) is 20.8 Å². The number of hydrogen-bond donors (Lipinski definition) is 1. The second kappa shape index (κ2) is 5.07. The predicted molar refractivity (Wildman–Crippen MR) is 84.4 cm³/mol. The molecule has 0 amide bonds. The SMILES string of the molecule is CC(C)c1cnn(C2CC2)c1-c1ccc(NC2CC2)nc1F. The van der Waals surface area contributed by atoms with Crippen molar-refractivity contribution >= 4 is 5.82 Å².